The number of aryl methyl sites for hydroxylation is 1. The minimum absolute atomic E-state index is 0.192. The molecule has 2 saturated carbocycles. The van der Waals surface area contributed by atoms with Crippen molar-refractivity contribution in [2.45, 2.75) is 70.9 Å². The molecule has 0 aliphatic heterocycles. The zero-order chi connectivity index (χ0) is 21.4. The first kappa shape index (κ1) is 20.6. The number of aromatic nitrogens is 3. The van der Waals surface area contributed by atoms with Crippen molar-refractivity contribution in [3.05, 3.63) is 41.7 Å². The van der Waals surface area contributed by atoms with E-state index in [1.165, 1.54) is 19.3 Å². The standard InChI is InChI=1S/C24H32N4O3/c1-15(20-11-18-7-10-25-14-21(18)30-20)26-13-19-12-24(19)8-3-5-17(6-4-9-24)23(29)22-16(2)27-31-28-22/h7,10-11,14-15,17,19,23,26,29H,3-6,8-9,12-13H2,1-2H3. The zero-order valence-electron chi connectivity index (χ0n) is 18.4. The van der Waals surface area contributed by atoms with Gasteiger partial charge in [0.25, 0.3) is 0 Å². The monoisotopic (exact) mass is 424 g/mol. The van der Waals surface area contributed by atoms with Crippen LogP contribution in [-0.4, -0.2) is 26.9 Å². The van der Waals surface area contributed by atoms with E-state index in [0.29, 0.717) is 16.8 Å². The fourth-order valence-corrected chi connectivity index (χ4v) is 5.62. The fraction of sp³-hybridized carbons (Fsp3) is 0.625. The third-order valence-electron chi connectivity index (χ3n) is 7.71. The molecule has 7 heteroatoms. The number of aliphatic hydroxyl groups is 1. The van der Waals surface area contributed by atoms with E-state index in [9.17, 15) is 5.11 Å². The van der Waals surface area contributed by atoms with Gasteiger partial charge in [0.05, 0.1) is 12.2 Å². The van der Waals surface area contributed by atoms with Crippen molar-refractivity contribution in [1.82, 2.24) is 20.6 Å². The van der Waals surface area contributed by atoms with Crippen LogP contribution in [0, 0.1) is 24.2 Å². The molecule has 31 heavy (non-hydrogen) atoms. The minimum Gasteiger partial charge on any atom is -0.458 e. The molecule has 1 spiro atoms. The first-order valence-electron chi connectivity index (χ1n) is 11.6. The Bertz CT molecular complexity index is 986. The van der Waals surface area contributed by atoms with Crippen molar-refractivity contribution in [3.8, 4) is 0 Å². The molecular weight excluding hydrogens is 392 g/mol. The molecule has 0 amide bonds. The lowest BCUT2D eigenvalue weighted by molar-refractivity contribution is 0.0781. The van der Waals surface area contributed by atoms with Crippen molar-refractivity contribution in [1.29, 1.82) is 0 Å². The van der Waals surface area contributed by atoms with Gasteiger partial charge in [-0.2, -0.15) is 0 Å². The summed E-state index contributed by atoms with van der Waals surface area (Å²) in [6.07, 6.45) is 11.2. The lowest BCUT2D eigenvalue weighted by Gasteiger charge is -2.28. The van der Waals surface area contributed by atoms with E-state index in [2.05, 4.69) is 33.6 Å². The van der Waals surface area contributed by atoms with Gasteiger partial charge in [-0.1, -0.05) is 23.2 Å². The Hall–Kier alpha value is -2.25. The Morgan fingerprint density at radius 3 is 2.77 bits per heavy atom. The van der Waals surface area contributed by atoms with Crippen molar-refractivity contribution in [2.75, 3.05) is 6.54 Å². The molecule has 0 radical (unpaired) electrons. The van der Waals surface area contributed by atoms with Crippen molar-refractivity contribution >= 4 is 11.0 Å². The van der Waals surface area contributed by atoms with Gasteiger partial charge in [-0.25, -0.2) is 4.63 Å². The summed E-state index contributed by atoms with van der Waals surface area (Å²) in [5.41, 5.74) is 2.66. The Morgan fingerprint density at radius 1 is 1.26 bits per heavy atom. The summed E-state index contributed by atoms with van der Waals surface area (Å²) in [5.74, 6) is 1.97. The molecule has 0 bridgehead atoms. The van der Waals surface area contributed by atoms with E-state index in [1.54, 1.807) is 12.4 Å². The number of furan rings is 1. The van der Waals surface area contributed by atoms with Gasteiger partial charge >= 0.3 is 0 Å². The van der Waals surface area contributed by atoms with Crippen LogP contribution in [-0.2, 0) is 0 Å². The Kier molecular flexibility index (Phi) is 5.56. The Balaban J connectivity index is 1.12. The molecule has 0 saturated heterocycles. The lowest BCUT2D eigenvalue weighted by atomic mass is 9.80. The highest BCUT2D eigenvalue weighted by molar-refractivity contribution is 5.76. The summed E-state index contributed by atoms with van der Waals surface area (Å²) in [6.45, 7) is 5.05. The fourth-order valence-electron chi connectivity index (χ4n) is 5.62. The van der Waals surface area contributed by atoms with Crippen molar-refractivity contribution in [3.63, 3.8) is 0 Å². The number of nitrogens with zero attached hydrogens (tertiary/aromatic N) is 3. The molecule has 3 heterocycles. The van der Waals surface area contributed by atoms with Gasteiger partial charge in [0.1, 0.15) is 23.3 Å². The van der Waals surface area contributed by atoms with Gasteiger partial charge in [0.15, 0.2) is 5.58 Å². The molecule has 2 fully saturated rings. The molecule has 2 aliphatic rings. The van der Waals surface area contributed by atoms with Crippen LogP contribution in [0.1, 0.15) is 81.2 Å². The van der Waals surface area contributed by atoms with Gasteiger partial charge in [-0.05, 0) is 81.9 Å². The van der Waals surface area contributed by atoms with E-state index in [1.807, 2.05) is 13.0 Å². The summed E-state index contributed by atoms with van der Waals surface area (Å²) in [6, 6.07) is 4.30. The molecule has 7 nitrogen and oxygen atoms in total. The number of pyridine rings is 1. The lowest BCUT2D eigenvalue weighted by Crippen LogP contribution is -2.24. The highest BCUT2D eigenvalue weighted by Crippen LogP contribution is 2.60. The highest BCUT2D eigenvalue weighted by atomic mass is 16.6. The molecule has 0 aromatic carbocycles. The maximum absolute atomic E-state index is 10.8. The SMILES string of the molecule is Cc1nonc1C(O)C1CCCC2(CCC1)CC2CNC(C)c1cc2ccncc2o1. The molecule has 3 atom stereocenters. The molecule has 2 aliphatic carbocycles. The van der Waals surface area contributed by atoms with Crippen LogP contribution in [0.15, 0.2) is 33.6 Å². The average Bonchev–Trinajstić information content (AvgIpc) is 3.06. The van der Waals surface area contributed by atoms with Crippen LogP contribution in [0.4, 0.5) is 0 Å². The Morgan fingerprint density at radius 2 is 2.06 bits per heavy atom. The molecule has 3 aromatic rings. The van der Waals surface area contributed by atoms with Crippen molar-refractivity contribution < 1.29 is 14.2 Å². The van der Waals surface area contributed by atoms with E-state index in [0.717, 1.165) is 54.9 Å². The van der Waals surface area contributed by atoms with E-state index in [4.69, 9.17) is 9.05 Å². The first-order chi connectivity index (χ1) is 15.1. The molecule has 5 rings (SSSR count). The number of fused-ring (bicyclic) bond motifs is 1. The van der Waals surface area contributed by atoms with Crippen molar-refractivity contribution in [2.24, 2.45) is 17.3 Å². The highest BCUT2D eigenvalue weighted by Gasteiger charge is 2.52. The number of aliphatic hydroxyl groups excluding tert-OH is 1. The van der Waals surface area contributed by atoms with Gasteiger partial charge < -0.3 is 14.8 Å². The van der Waals surface area contributed by atoms with Gasteiger partial charge in [-0.3, -0.25) is 4.98 Å². The summed E-state index contributed by atoms with van der Waals surface area (Å²) in [4.78, 5) is 4.14. The third kappa shape index (κ3) is 4.13. The predicted molar refractivity (Wildman–Crippen MR) is 116 cm³/mol. The van der Waals surface area contributed by atoms with Crippen LogP contribution in [0.3, 0.4) is 0 Å². The number of rotatable bonds is 6. The predicted octanol–water partition coefficient (Wildman–Crippen LogP) is 4.88. The van der Waals surface area contributed by atoms with Gasteiger partial charge in [0, 0.05) is 11.6 Å². The average molecular weight is 425 g/mol. The van der Waals surface area contributed by atoms with Gasteiger partial charge in [0.2, 0.25) is 0 Å². The summed E-state index contributed by atoms with van der Waals surface area (Å²) in [7, 11) is 0. The minimum atomic E-state index is -0.558. The summed E-state index contributed by atoms with van der Waals surface area (Å²) in [5, 5.41) is 23.3. The number of hydrogen-bond donors (Lipinski definition) is 2. The molecule has 3 unspecified atom stereocenters. The normalized spacial score (nSPS) is 28.4. The maximum atomic E-state index is 10.8. The Labute approximate surface area is 182 Å². The molecular formula is C24H32N4O3. The van der Waals surface area contributed by atoms with Crippen LogP contribution in [0.25, 0.3) is 11.0 Å². The molecule has 3 aromatic heterocycles. The largest absolute Gasteiger partial charge is 0.458 e. The van der Waals surface area contributed by atoms with Crippen LogP contribution in [0.5, 0.6) is 0 Å². The first-order valence-corrected chi connectivity index (χ1v) is 11.6. The maximum Gasteiger partial charge on any atom is 0.152 e. The molecule has 166 valence electrons. The van der Waals surface area contributed by atoms with E-state index < -0.39 is 6.10 Å². The zero-order valence-corrected chi connectivity index (χ0v) is 18.4. The molecule has 2 N–H and O–H groups in total. The second-order valence-corrected chi connectivity index (χ2v) is 9.68. The smallest absolute Gasteiger partial charge is 0.152 e. The van der Waals surface area contributed by atoms with Gasteiger partial charge in [-0.15, -0.1) is 0 Å². The van der Waals surface area contributed by atoms with Crippen LogP contribution < -0.4 is 5.32 Å². The topological polar surface area (TPSA) is 97.2 Å². The number of nitrogens with one attached hydrogen (secondary N) is 1. The summed E-state index contributed by atoms with van der Waals surface area (Å²) < 4.78 is 10.8. The second kappa shape index (κ2) is 8.36. The quantitative estimate of drug-likeness (QED) is 0.582. The van der Waals surface area contributed by atoms with E-state index in [-0.39, 0.29) is 12.0 Å². The third-order valence-corrected chi connectivity index (χ3v) is 7.71. The van der Waals surface area contributed by atoms with Crippen LogP contribution in [0.2, 0.25) is 0 Å². The summed E-state index contributed by atoms with van der Waals surface area (Å²) >= 11 is 0. The van der Waals surface area contributed by atoms with Crippen LogP contribution >= 0.6 is 0 Å². The second-order valence-electron chi connectivity index (χ2n) is 9.68. The van der Waals surface area contributed by atoms with E-state index >= 15 is 0 Å². The number of hydrogen-bond acceptors (Lipinski definition) is 7.